The molecular weight excluding hydrogens is 458 g/mol. The van der Waals surface area contributed by atoms with Crippen molar-refractivity contribution in [3.05, 3.63) is 109 Å². The van der Waals surface area contributed by atoms with Crippen LogP contribution in [0.25, 0.3) is 44.8 Å². The Morgan fingerprint density at radius 2 is 1.62 bits per heavy atom. The van der Waals surface area contributed by atoms with Gasteiger partial charge in [-0.15, -0.1) is 0 Å². The van der Waals surface area contributed by atoms with Crippen LogP contribution in [0.1, 0.15) is 24.8 Å². The van der Waals surface area contributed by atoms with E-state index in [1.807, 2.05) is 53.5 Å². The van der Waals surface area contributed by atoms with Gasteiger partial charge in [-0.25, -0.2) is 0 Å². The van der Waals surface area contributed by atoms with Crippen molar-refractivity contribution < 1.29 is 9.51 Å². The Labute approximate surface area is 214 Å². The molecular formula is C31H26N5O+. The highest BCUT2D eigenvalue weighted by Crippen LogP contribution is 2.39. The van der Waals surface area contributed by atoms with E-state index in [-0.39, 0.29) is 11.3 Å². The third kappa shape index (κ3) is 3.57. The van der Waals surface area contributed by atoms with E-state index in [2.05, 4.69) is 46.9 Å². The molecule has 3 heterocycles. The Hall–Kier alpha value is -4.55. The van der Waals surface area contributed by atoms with E-state index >= 15 is 0 Å². The fourth-order valence-electron chi connectivity index (χ4n) is 5.30. The molecule has 6 aromatic rings. The zero-order valence-corrected chi connectivity index (χ0v) is 20.2. The first-order valence-corrected chi connectivity index (χ1v) is 12.6. The van der Waals surface area contributed by atoms with Gasteiger partial charge in [-0.05, 0) is 72.9 Å². The molecule has 0 bridgehead atoms. The van der Waals surface area contributed by atoms with Crippen LogP contribution in [0.2, 0.25) is 0 Å². The number of aromatic hydroxyl groups is 1. The third-order valence-electron chi connectivity index (χ3n) is 7.54. The van der Waals surface area contributed by atoms with Crippen molar-refractivity contribution in [1.82, 2.24) is 14.8 Å². The second-order valence-corrected chi connectivity index (χ2v) is 9.87. The van der Waals surface area contributed by atoms with Crippen molar-refractivity contribution in [2.45, 2.75) is 24.8 Å². The minimum absolute atomic E-state index is 0.202. The number of nitrogens with zero attached hydrogens (tertiary/aromatic N) is 4. The van der Waals surface area contributed by atoms with Gasteiger partial charge in [0, 0.05) is 17.3 Å². The van der Waals surface area contributed by atoms with Gasteiger partial charge >= 0.3 is 5.82 Å². The van der Waals surface area contributed by atoms with Crippen LogP contribution in [-0.2, 0) is 5.54 Å². The summed E-state index contributed by atoms with van der Waals surface area (Å²) in [7, 11) is 0. The first-order valence-electron chi connectivity index (χ1n) is 12.6. The van der Waals surface area contributed by atoms with Crippen molar-refractivity contribution in [1.29, 1.82) is 0 Å². The molecule has 1 fully saturated rings. The lowest BCUT2D eigenvalue weighted by Crippen LogP contribution is -2.43. The summed E-state index contributed by atoms with van der Waals surface area (Å²) >= 11 is 0. The summed E-state index contributed by atoms with van der Waals surface area (Å²) in [6, 6.07) is 30.1. The van der Waals surface area contributed by atoms with E-state index in [1.54, 1.807) is 12.1 Å². The van der Waals surface area contributed by atoms with Gasteiger partial charge in [-0.1, -0.05) is 53.2 Å². The minimum atomic E-state index is -0.215. The fraction of sp³-hybridized carbons (Fsp3) is 0.129. The maximum absolute atomic E-state index is 10.2. The van der Waals surface area contributed by atoms with Crippen molar-refractivity contribution in [3.63, 3.8) is 0 Å². The first-order chi connectivity index (χ1) is 18.1. The smallest absolute Gasteiger partial charge is 0.314 e. The fourth-order valence-corrected chi connectivity index (χ4v) is 5.30. The van der Waals surface area contributed by atoms with Crippen LogP contribution in [-0.4, -0.2) is 19.9 Å². The molecule has 6 nitrogen and oxygen atoms in total. The number of nitrogens with two attached hydrogens (primary N) is 1. The van der Waals surface area contributed by atoms with Crippen LogP contribution in [0.4, 0.5) is 0 Å². The Morgan fingerprint density at radius 3 is 2.35 bits per heavy atom. The van der Waals surface area contributed by atoms with Crippen molar-refractivity contribution in [3.8, 4) is 34.0 Å². The molecule has 0 unspecified atom stereocenters. The number of phenols is 1. The molecule has 0 radical (unpaired) electrons. The lowest BCUT2D eigenvalue weighted by molar-refractivity contribution is -0.498. The average Bonchev–Trinajstić information content (AvgIpc) is 3.32. The number of hydrogen-bond donors (Lipinski definition) is 2. The maximum Gasteiger partial charge on any atom is 0.314 e. The number of rotatable bonds is 4. The molecule has 1 saturated carbocycles. The topological polar surface area (TPSA) is 81.1 Å². The molecule has 0 atom stereocenters. The van der Waals surface area contributed by atoms with Crippen LogP contribution < -0.4 is 10.1 Å². The second-order valence-electron chi connectivity index (χ2n) is 9.87. The minimum Gasteiger partial charge on any atom is -0.508 e. The summed E-state index contributed by atoms with van der Waals surface area (Å²) in [5.74, 6) is 0.934. The quantitative estimate of drug-likeness (QED) is 0.322. The molecule has 3 aromatic carbocycles. The van der Waals surface area contributed by atoms with E-state index < -0.39 is 0 Å². The Kier molecular flexibility index (Phi) is 4.84. The van der Waals surface area contributed by atoms with Gasteiger partial charge in [0.2, 0.25) is 0 Å². The molecule has 3 N–H and O–H groups in total. The zero-order chi connectivity index (χ0) is 25.0. The number of aromatic nitrogens is 4. The molecule has 37 heavy (non-hydrogen) atoms. The molecule has 0 saturated heterocycles. The van der Waals surface area contributed by atoms with Gasteiger partial charge in [0.15, 0.2) is 0 Å². The number of hydrogen-bond acceptors (Lipinski definition) is 4. The SMILES string of the molecule is NC1(c2ccc(-n3nc(-c4cccc(O)c4)[n+]4ccc5ncc(-c6ccccc6)cc5c34)cc2)CCC1. The highest BCUT2D eigenvalue weighted by atomic mass is 16.3. The Bertz CT molecular complexity index is 1770. The molecule has 6 heteroatoms. The summed E-state index contributed by atoms with van der Waals surface area (Å²) < 4.78 is 4.03. The molecule has 0 spiro atoms. The molecule has 1 aliphatic carbocycles. The highest BCUT2D eigenvalue weighted by Gasteiger charge is 2.34. The second kappa shape index (κ2) is 8.25. The van der Waals surface area contributed by atoms with Gasteiger partial charge in [0.05, 0.1) is 27.8 Å². The number of phenolic OH excluding ortho intramolecular Hbond substituents is 1. The third-order valence-corrected chi connectivity index (χ3v) is 7.54. The Morgan fingerprint density at radius 1 is 0.838 bits per heavy atom. The van der Waals surface area contributed by atoms with Gasteiger partial charge in [-0.2, -0.15) is 4.40 Å². The zero-order valence-electron chi connectivity index (χ0n) is 20.2. The van der Waals surface area contributed by atoms with Crippen molar-refractivity contribution >= 4 is 16.6 Å². The molecule has 180 valence electrons. The van der Waals surface area contributed by atoms with Crippen LogP contribution in [0.15, 0.2) is 103 Å². The van der Waals surface area contributed by atoms with E-state index in [0.717, 1.165) is 63.2 Å². The molecule has 0 amide bonds. The van der Waals surface area contributed by atoms with Gasteiger partial charge in [0.25, 0.3) is 5.65 Å². The number of pyridine rings is 2. The molecule has 1 aliphatic rings. The molecule has 0 aliphatic heterocycles. The standard InChI is InChI=1S/C31H25N5O/c32-31(15-5-16-31)24-10-12-25(13-11-24)36-30-27-19-23(21-6-2-1-3-7-21)20-33-28(27)14-17-35(30)29(34-36)22-8-4-9-26(37)18-22/h1-4,6-14,17-20H,5,15-16,32H2/p+1. The molecule has 7 rings (SSSR count). The van der Waals surface area contributed by atoms with E-state index in [1.165, 1.54) is 6.42 Å². The van der Waals surface area contributed by atoms with Crippen molar-refractivity contribution in [2.75, 3.05) is 0 Å². The van der Waals surface area contributed by atoms with Gasteiger partial charge in [-0.3, -0.25) is 4.98 Å². The predicted molar refractivity (Wildman–Crippen MR) is 144 cm³/mol. The van der Waals surface area contributed by atoms with Crippen LogP contribution in [0.5, 0.6) is 5.75 Å². The maximum atomic E-state index is 10.2. The number of benzene rings is 3. The van der Waals surface area contributed by atoms with Crippen LogP contribution in [0, 0.1) is 0 Å². The first kappa shape index (κ1) is 21.7. The summed E-state index contributed by atoms with van der Waals surface area (Å²) in [6.07, 6.45) is 7.13. The van der Waals surface area contributed by atoms with Crippen molar-refractivity contribution in [2.24, 2.45) is 5.73 Å². The Balaban J connectivity index is 1.49. The lowest BCUT2D eigenvalue weighted by Gasteiger charge is -2.38. The monoisotopic (exact) mass is 484 g/mol. The average molecular weight is 485 g/mol. The summed E-state index contributed by atoms with van der Waals surface area (Å²) in [6.45, 7) is 0. The summed E-state index contributed by atoms with van der Waals surface area (Å²) in [5.41, 5.74) is 13.2. The van der Waals surface area contributed by atoms with Crippen LogP contribution in [0.3, 0.4) is 0 Å². The number of fused-ring (bicyclic) bond motifs is 3. The van der Waals surface area contributed by atoms with E-state index in [9.17, 15) is 5.11 Å². The van der Waals surface area contributed by atoms with Gasteiger partial charge in [0.1, 0.15) is 11.4 Å². The lowest BCUT2D eigenvalue weighted by atomic mass is 9.73. The predicted octanol–water partition coefficient (Wildman–Crippen LogP) is 5.54. The summed E-state index contributed by atoms with van der Waals surface area (Å²) in [4.78, 5) is 4.79. The van der Waals surface area contributed by atoms with E-state index in [4.69, 9.17) is 15.8 Å². The summed E-state index contributed by atoms with van der Waals surface area (Å²) in [5, 5.41) is 16.2. The highest BCUT2D eigenvalue weighted by molar-refractivity contribution is 5.93. The van der Waals surface area contributed by atoms with Gasteiger partial charge < -0.3 is 10.8 Å². The van der Waals surface area contributed by atoms with Crippen LogP contribution >= 0.6 is 0 Å². The van der Waals surface area contributed by atoms with E-state index in [0.29, 0.717) is 0 Å². The normalized spacial score (nSPS) is 14.6. The molecule has 3 aromatic heterocycles. The largest absolute Gasteiger partial charge is 0.508 e.